The fourth-order valence-electron chi connectivity index (χ4n) is 3.96. The van der Waals surface area contributed by atoms with E-state index in [9.17, 15) is 4.79 Å². The zero-order valence-electron chi connectivity index (χ0n) is 13.8. The van der Waals surface area contributed by atoms with Crippen LogP contribution in [0, 0.1) is 11.3 Å². The molecule has 3 rings (SSSR count). The van der Waals surface area contributed by atoms with Gasteiger partial charge in [0.15, 0.2) is 0 Å². The largest absolute Gasteiger partial charge is 0.494 e. The van der Waals surface area contributed by atoms with E-state index in [1.165, 1.54) is 19.3 Å². The van der Waals surface area contributed by atoms with E-state index in [0.29, 0.717) is 19.1 Å². The molecule has 0 spiro atoms. The lowest BCUT2D eigenvalue weighted by atomic mass is 9.67. The SMILES string of the molecule is CCOc1cccc(CNC(=O)[C@@]23CCCC[C@H]2CNC3)c1.Cl. The van der Waals surface area contributed by atoms with Crippen LogP contribution in [0.15, 0.2) is 24.3 Å². The lowest BCUT2D eigenvalue weighted by Gasteiger charge is -2.37. The molecule has 2 aliphatic rings. The van der Waals surface area contributed by atoms with Crippen molar-refractivity contribution >= 4 is 18.3 Å². The van der Waals surface area contributed by atoms with E-state index in [4.69, 9.17) is 4.74 Å². The van der Waals surface area contributed by atoms with Crippen molar-refractivity contribution < 1.29 is 9.53 Å². The molecule has 1 aromatic rings. The maximum absolute atomic E-state index is 12.8. The number of benzene rings is 1. The van der Waals surface area contributed by atoms with E-state index in [-0.39, 0.29) is 23.7 Å². The Morgan fingerprint density at radius 2 is 2.30 bits per heavy atom. The molecule has 1 aliphatic carbocycles. The summed E-state index contributed by atoms with van der Waals surface area (Å²) < 4.78 is 5.51. The second-order valence-electron chi connectivity index (χ2n) is 6.49. The number of carbonyl (C=O) groups is 1. The van der Waals surface area contributed by atoms with Crippen LogP contribution in [-0.4, -0.2) is 25.6 Å². The number of rotatable bonds is 5. The molecule has 1 amide bonds. The Bertz CT molecular complexity index is 538. The molecular weight excluding hydrogens is 312 g/mol. The van der Waals surface area contributed by atoms with E-state index in [0.717, 1.165) is 30.8 Å². The fourth-order valence-corrected chi connectivity index (χ4v) is 3.96. The van der Waals surface area contributed by atoms with Gasteiger partial charge in [-0.25, -0.2) is 0 Å². The molecule has 1 heterocycles. The maximum atomic E-state index is 12.8. The molecule has 0 radical (unpaired) electrons. The van der Waals surface area contributed by atoms with E-state index >= 15 is 0 Å². The number of hydrogen-bond acceptors (Lipinski definition) is 3. The Hall–Kier alpha value is -1.26. The summed E-state index contributed by atoms with van der Waals surface area (Å²) in [6.45, 7) is 5.04. The van der Waals surface area contributed by atoms with Crippen LogP contribution in [0.1, 0.15) is 38.2 Å². The van der Waals surface area contributed by atoms with Gasteiger partial charge in [-0.05, 0) is 49.9 Å². The van der Waals surface area contributed by atoms with Crippen molar-refractivity contribution in [2.45, 2.75) is 39.2 Å². The van der Waals surface area contributed by atoms with E-state index in [2.05, 4.69) is 10.6 Å². The summed E-state index contributed by atoms with van der Waals surface area (Å²) in [6, 6.07) is 7.97. The number of amides is 1. The highest BCUT2D eigenvalue weighted by Gasteiger charge is 2.49. The van der Waals surface area contributed by atoms with Gasteiger partial charge in [0, 0.05) is 13.1 Å². The van der Waals surface area contributed by atoms with Crippen LogP contribution in [0.4, 0.5) is 0 Å². The lowest BCUT2D eigenvalue weighted by Crippen LogP contribution is -2.47. The van der Waals surface area contributed by atoms with E-state index in [1.54, 1.807) is 0 Å². The minimum atomic E-state index is -0.171. The van der Waals surface area contributed by atoms with Crippen LogP contribution in [0.2, 0.25) is 0 Å². The van der Waals surface area contributed by atoms with Gasteiger partial charge in [0.1, 0.15) is 5.75 Å². The first-order valence-corrected chi connectivity index (χ1v) is 8.45. The van der Waals surface area contributed by atoms with Gasteiger partial charge in [0.25, 0.3) is 0 Å². The Kier molecular flexibility index (Phi) is 6.31. The average Bonchev–Trinajstić information content (AvgIpc) is 2.98. The summed E-state index contributed by atoms with van der Waals surface area (Å²) in [4.78, 5) is 12.8. The number of halogens is 1. The standard InChI is InChI=1S/C18H26N2O2.ClH/c1-2-22-16-8-5-6-14(10-16)11-20-17(21)18-9-4-3-7-15(18)12-19-13-18;/h5-6,8,10,15,19H,2-4,7,9,11-13H2,1H3,(H,20,21);1H/t15-,18+;/m0./s1. The molecule has 0 bridgehead atoms. The highest BCUT2D eigenvalue weighted by molar-refractivity contribution is 5.85. The molecule has 128 valence electrons. The second-order valence-corrected chi connectivity index (χ2v) is 6.49. The van der Waals surface area contributed by atoms with Gasteiger partial charge in [-0.1, -0.05) is 25.0 Å². The van der Waals surface area contributed by atoms with Gasteiger partial charge in [-0.2, -0.15) is 0 Å². The van der Waals surface area contributed by atoms with E-state index < -0.39 is 0 Å². The molecule has 1 aromatic carbocycles. The number of nitrogens with one attached hydrogen (secondary N) is 2. The molecule has 1 saturated carbocycles. The van der Waals surface area contributed by atoms with Crippen molar-refractivity contribution in [2.75, 3.05) is 19.7 Å². The number of fused-ring (bicyclic) bond motifs is 1. The quantitative estimate of drug-likeness (QED) is 0.868. The summed E-state index contributed by atoms with van der Waals surface area (Å²) >= 11 is 0. The number of ether oxygens (including phenoxy) is 1. The summed E-state index contributed by atoms with van der Waals surface area (Å²) in [5.41, 5.74) is 0.921. The van der Waals surface area contributed by atoms with Crippen LogP contribution >= 0.6 is 12.4 Å². The van der Waals surface area contributed by atoms with Crippen molar-refractivity contribution in [2.24, 2.45) is 11.3 Å². The zero-order chi connectivity index (χ0) is 15.4. The predicted molar refractivity (Wildman–Crippen MR) is 94.0 cm³/mol. The minimum Gasteiger partial charge on any atom is -0.494 e. The van der Waals surface area contributed by atoms with Gasteiger partial charge in [0.2, 0.25) is 5.91 Å². The molecule has 2 N–H and O–H groups in total. The molecule has 0 unspecified atom stereocenters. The van der Waals surface area contributed by atoms with Gasteiger partial charge in [0.05, 0.1) is 12.0 Å². The molecule has 2 atom stereocenters. The van der Waals surface area contributed by atoms with Crippen molar-refractivity contribution in [1.82, 2.24) is 10.6 Å². The van der Waals surface area contributed by atoms with Gasteiger partial charge >= 0.3 is 0 Å². The van der Waals surface area contributed by atoms with Crippen LogP contribution in [-0.2, 0) is 11.3 Å². The summed E-state index contributed by atoms with van der Waals surface area (Å²) in [7, 11) is 0. The second kappa shape index (κ2) is 8.02. The Labute approximate surface area is 144 Å². The van der Waals surface area contributed by atoms with Crippen LogP contribution in [0.25, 0.3) is 0 Å². The van der Waals surface area contributed by atoms with Gasteiger partial charge in [-0.3, -0.25) is 4.79 Å². The monoisotopic (exact) mass is 338 g/mol. The predicted octanol–water partition coefficient (Wildman–Crippen LogP) is 2.90. The lowest BCUT2D eigenvalue weighted by molar-refractivity contribution is -0.134. The van der Waals surface area contributed by atoms with Crippen molar-refractivity contribution in [3.05, 3.63) is 29.8 Å². The zero-order valence-corrected chi connectivity index (χ0v) is 14.6. The summed E-state index contributed by atoms with van der Waals surface area (Å²) in [6.07, 6.45) is 4.64. The van der Waals surface area contributed by atoms with E-state index in [1.807, 2.05) is 31.2 Å². The first kappa shape index (κ1) is 18.1. The Morgan fingerprint density at radius 1 is 1.43 bits per heavy atom. The smallest absolute Gasteiger partial charge is 0.228 e. The van der Waals surface area contributed by atoms with Gasteiger partial charge < -0.3 is 15.4 Å². The normalized spacial score (nSPS) is 26.0. The topological polar surface area (TPSA) is 50.4 Å². The first-order valence-electron chi connectivity index (χ1n) is 8.45. The summed E-state index contributed by atoms with van der Waals surface area (Å²) in [5, 5.41) is 6.59. The third kappa shape index (κ3) is 3.81. The molecular formula is C18H27ClN2O2. The Morgan fingerprint density at radius 3 is 3.13 bits per heavy atom. The minimum absolute atomic E-state index is 0. The highest BCUT2D eigenvalue weighted by Crippen LogP contribution is 2.43. The Balaban J connectivity index is 0.00000192. The van der Waals surface area contributed by atoms with Crippen LogP contribution in [0.3, 0.4) is 0 Å². The van der Waals surface area contributed by atoms with Crippen molar-refractivity contribution in [3.63, 3.8) is 0 Å². The molecule has 5 heteroatoms. The highest BCUT2D eigenvalue weighted by atomic mass is 35.5. The molecule has 0 aromatic heterocycles. The number of carbonyl (C=O) groups excluding carboxylic acids is 1. The van der Waals surface area contributed by atoms with Gasteiger partial charge in [-0.15, -0.1) is 12.4 Å². The molecule has 1 saturated heterocycles. The molecule has 4 nitrogen and oxygen atoms in total. The average molecular weight is 339 g/mol. The van der Waals surface area contributed by atoms with Crippen LogP contribution < -0.4 is 15.4 Å². The van der Waals surface area contributed by atoms with Crippen LogP contribution in [0.5, 0.6) is 5.75 Å². The third-order valence-corrected chi connectivity index (χ3v) is 5.15. The molecule has 23 heavy (non-hydrogen) atoms. The molecule has 2 fully saturated rings. The fraction of sp³-hybridized carbons (Fsp3) is 0.611. The number of hydrogen-bond donors (Lipinski definition) is 2. The first-order chi connectivity index (χ1) is 10.7. The molecule has 1 aliphatic heterocycles. The van der Waals surface area contributed by atoms with Crippen molar-refractivity contribution in [1.29, 1.82) is 0 Å². The third-order valence-electron chi connectivity index (χ3n) is 5.15. The van der Waals surface area contributed by atoms with Crippen molar-refractivity contribution in [3.8, 4) is 5.75 Å². The maximum Gasteiger partial charge on any atom is 0.228 e. The summed E-state index contributed by atoms with van der Waals surface area (Å²) in [5.74, 6) is 1.60.